The summed E-state index contributed by atoms with van der Waals surface area (Å²) in [5.41, 5.74) is 13.7. The van der Waals surface area contributed by atoms with Crippen molar-refractivity contribution < 1.29 is 8.83 Å². The number of nitrogens with zero attached hydrogens (tertiary/aromatic N) is 4. The van der Waals surface area contributed by atoms with Crippen LogP contribution in [0.2, 0.25) is 0 Å². The molecule has 0 spiro atoms. The van der Waals surface area contributed by atoms with Gasteiger partial charge >= 0.3 is 0 Å². The van der Waals surface area contributed by atoms with Crippen LogP contribution in [-0.2, 0) is 0 Å². The van der Waals surface area contributed by atoms with Gasteiger partial charge in [0.1, 0.15) is 22.3 Å². The molecule has 0 saturated carbocycles. The van der Waals surface area contributed by atoms with Crippen LogP contribution in [0.1, 0.15) is 0 Å². The lowest BCUT2D eigenvalue weighted by Gasteiger charge is -2.12. The molecule has 0 radical (unpaired) electrons. The van der Waals surface area contributed by atoms with Gasteiger partial charge < -0.3 is 8.83 Å². The standard InChI is InChI=1S/C69H40N4O2/c1-3-15-41(16-4-1)43-30-34-60-56(38-43)53-23-11-12-26-59(53)73(60)69-71-67(42-17-5-2-6-18-42)70-68(72-69)54-25-14-28-64-66(54)58-40-46(32-36-62(58)75-64)47-24-13-27-63-65(47)57-39-45(31-35-61(57)74-63)44-29-33-52-50-21-8-7-19-48(50)49-20-9-10-22-51(49)55(52)37-44/h1-40H. The number of furan rings is 2. The van der Waals surface area contributed by atoms with Crippen molar-refractivity contribution in [2.24, 2.45) is 0 Å². The third kappa shape index (κ3) is 6.43. The highest BCUT2D eigenvalue weighted by atomic mass is 16.3. The fourth-order valence-electron chi connectivity index (χ4n) is 11.8. The molecule has 0 aliphatic heterocycles. The highest BCUT2D eigenvalue weighted by Gasteiger charge is 2.22. The molecule has 0 aliphatic rings. The Kier molecular flexibility index (Phi) is 8.94. The van der Waals surface area contributed by atoms with Crippen molar-refractivity contribution in [3.63, 3.8) is 0 Å². The third-order valence-electron chi connectivity index (χ3n) is 15.3. The summed E-state index contributed by atoms with van der Waals surface area (Å²) in [6.07, 6.45) is 0. The van der Waals surface area contributed by atoms with Crippen molar-refractivity contribution >= 4 is 98.0 Å². The van der Waals surface area contributed by atoms with Crippen molar-refractivity contribution in [1.29, 1.82) is 0 Å². The largest absolute Gasteiger partial charge is 0.456 e. The van der Waals surface area contributed by atoms with Crippen LogP contribution in [0.25, 0.3) is 160 Å². The van der Waals surface area contributed by atoms with Gasteiger partial charge in [-0.2, -0.15) is 9.97 Å². The van der Waals surface area contributed by atoms with Crippen LogP contribution in [0.15, 0.2) is 251 Å². The van der Waals surface area contributed by atoms with Crippen LogP contribution in [0.5, 0.6) is 0 Å². The van der Waals surface area contributed by atoms with E-state index in [-0.39, 0.29) is 0 Å². The van der Waals surface area contributed by atoms with Gasteiger partial charge in [0.25, 0.3) is 0 Å². The van der Waals surface area contributed by atoms with E-state index in [2.05, 4.69) is 217 Å². The first-order valence-electron chi connectivity index (χ1n) is 25.3. The minimum atomic E-state index is 0.534. The molecule has 0 saturated heterocycles. The smallest absolute Gasteiger partial charge is 0.238 e. The van der Waals surface area contributed by atoms with Gasteiger partial charge in [0.05, 0.1) is 11.0 Å². The topological polar surface area (TPSA) is 69.9 Å². The van der Waals surface area contributed by atoms with E-state index in [0.717, 1.165) is 110 Å². The number of benzene rings is 12. The molecule has 16 aromatic rings. The molecule has 0 amide bonds. The minimum absolute atomic E-state index is 0.534. The van der Waals surface area contributed by atoms with E-state index in [1.54, 1.807) is 0 Å². The Balaban J connectivity index is 0.863. The van der Waals surface area contributed by atoms with Gasteiger partial charge in [0.2, 0.25) is 5.95 Å². The molecule has 16 rings (SSSR count). The van der Waals surface area contributed by atoms with Gasteiger partial charge in [0.15, 0.2) is 11.6 Å². The van der Waals surface area contributed by atoms with Crippen molar-refractivity contribution in [3.8, 4) is 62.1 Å². The summed E-state index contributed by atoms with van der Waals surface area (Å²) in [7, 11) is 0. The van der Waals surface area contributed by atoms with Gasteiger partial charge in [-0.15, -0.1) is 0 Å². The summed E-state index contributed by atoms with van der Waals surface area (Å²) in [4.78, 5) is 15.9. The van der Waals surface area contributed by atoms with E-state index in [0.29, 0.717) is 17.6 Å². The number of rotatable bonds is 6. The number of hydrogen-bond donors (Lipinski definition) is 0. The lowest BCUT2D eigenvalue weighted by molar-refractivity contribution is 0.669. The highest BCUT2D eigenvalue weighted by molar-refractivity contribution is 6.26. The lowest BCUT2D eigenvalue weighted by Crippen LogP contribution is -2.06. The number of para-hydroxylation sites is 1. The Morgan fingerprint density at radius 2 is 0.720 bits per heavy atom. The number of fused-ring (bicyclic) bond motifs is 15. The second-order valence-electron chi connectivity index (χ2n) is 19.4. The number of hydrogen-bond acceptors (Lipinski definition) is 5. The van der Waals surface area contributed by atoms with Gasteiger partial charge in [-0.05, 0) is 126 Å². The lowest BCUT2D eigenvalue weighted by atomic mass is 9.91. The van der Waals surface area contributed by atoms with Crippen molar-refractivity contribution in [2.45, 2.75) is 0 Å². The maximum absolute atomic E-state index is 6.68. The zero-order chi connectivity index (χ0) is 49.1. The molecule has 6 nitrogen and oxygen atoms in total. The fourth-order valence-corrected chi connectivity index (χ4v) is 11.8. The monoisotopic (exact) mass is 956 g/mol. The predicted molar refractivity (Wildman–Crippen MR) is 308 cm³/mol. The van der Waals surface area contributed by atoms with Crippen LogP contribution < -0.4 is 0 Å². The maximum atomic E-state index is 6.68. The van der Waals surface area contributed by atoms with E-state index in [9.17, 15) is 0 Å². The summed E-state index contributed by atoms with van der Waals surface area (Å²) < 4.78 is 15.5. The Morgan fingerprint density at radius 1 is 0.253 bits per heavy atom. The summed E-state index contributed by atoms with van der Waals surface area (Å²) in [5.74, 6) is 1.66. The molecule has 4 heterocycles. The molecule has 6 heteroatoms. The van der Waals surface area contributed by atoms with Crippen molar-refractivity contribution in [3.05, 3.63) is 243 Å². The first kappa shape index (κ1) is 41.4. The van der Waals surface area contributed by atoms with E-state index < -0.39 is 0 Å². The van der Waals surface area contributed by atoms with Crippen LogP contribution in [0, 0.1) is 0 Å². The molecule has 0 fully saturated rings. The zero-order valence-corrected chi connectivity index (χ0v) is 40.2. The molecular formula is C69H40N4O2. The fraction of sp³-hybridized carbons (Fsp3) is 0. The third-order valence-corrected chi connectivity index (χ3v) is 15.3. The second-order valence-corrected chi connectivity index (χ2v) is 19.4. The van der Waals surface area contributed by atoms with E-state index in [4.69, 9.17) is 23.8 Å². The highest BCUT2D eigenvalue weighted by Crippen LogP contribution is 2.44. The Morgan fingerprint density at radius 3 is 1.41 bits per heavy atom. The molecule has 348 valence electrons. The summed E-state index contributed by atoms with van der Waals surface area (Å²) in [6, 6.07) is 85.7. The Bertz CT molecular complexity index is 4980. The average molecular weight is 957 g/mol. The maximum Gasteiger partial charge on any atom is 0.238 e. The minimum Gasteiger partial charge on any atom is -0.456 e. The summed E-state index contributed by atoms with van der Waals surface area (Å²) in [6.45, 7) is 0. The van der Waals surface area contributed by atoms with Gasteiger partial charge in [-0.3, -0.25) is 4.57 Å². The molecule has 0 bridgehead atoms. The Hall–Kier alpha value is -10.2. The quantitative estimate of drug-likeness (QED) is 0.155. The summed E-state index contributed by atoms with van der Waals surface area (Å²) >= 11 is 0. The van der Waals surface area contributed by atoms with Crippen LogP contribution in [0.4, 0.5) is 0 Å². The molecule has 0 unspecified atom stereocenters. The van der Waals surface area contributed by atoms with Crippen LogP contribution in [0.3, 0.4) is 0 Å². The molecule has 0 N–H and O–H groups in total. The molecule has 0 atom stereocenters. The predicted octanol–water partition coefficient (Wildman–Crippen LogP) is 18.6. The van der Waals surface area contributed by atoms with Crippen LogP contribution in [-0.4, -0.2) is 19.5 Å². The molecule has 4 aromatic heterocycles. The molecular weight excluding hydrogens is 917 g/mol. The van der Waals surface area contributed by atoms with Crippen LogP contribution >= 0.6 is 0 Å². The molecule has 75 heavy (non-hydrogen) atoms. The SMILES string of the molecule is c1ccc(-c2ccc3c(c2)c2ccccc2n3-c2nc(-c3ccccc3)nc(-c3cccc4oc5ccc(-c6cccc7oc8ccc(-c9ccc%10c%11ccccc%11c%11ccccc%11c%10c9)cc8c67)cc5c34)n2)cc1. The van der Waals surface area contributed by atoms with Gasteiger partial charge in [-0.1, -0.05) is 182 Å². The van der Waals surface area contributed by atoms with Gasteiger partial charge in [0, 0.05) is 43.4 Å². The van der Waals surface area contributed by atoms with Crippen molar-refractivity contribution in [1.82, 2.24) is 19.5 Å². The van der Waals surface area contributed by atoms with Gasteiger partial charge in [-0.25, -0.2) is 4.98 Å². The second kappa shape index (κ2) is 16.2. The molecule has 12 aromatic carbocycles. The van der Waals surface area contributed by atoms with E-state index in [1.807, 2.05) is 30.3 Å². The first-order valence-corrected chi connectivity index (χ1v) is 25.3. The first-order chi connectivity index (χ1) is 37.2. The average Bonchev–Trinajstić information content (AvgIpc) is 4.20. The van der Waals surface area contributed by atoms with Crippen molar-refractivity contribution in [2.75, 3.05) is 0 Å². The summed E-state index contributed by atoms with van der Waals surface area (Å²) in [5, 5.41) is 13.8. The Labute approximate surface area is 429 Å². The normalized spacial score (nSPS) is 12.0. The van der Waals surface area contributed by atoms with E-state index in [1.165, 1.54) is 32.3 Å². The van der Waals surface area contributed by atoms with E-state index >= 15 is 0 Å². The molecule has 0 aliphatic carbocycles. The zero-order valence-electron chi connectivity index (χ0n) is 40.2. The number of aromatic nitrogens is 4.